The van der Waals surface area contributed by atoms with Crippen LogP contribution in [0, 0.1) is 0 Å². The summed E-state index contributed by atoms with van der Waals surface area (Å²) in [6.07, 6.45) is 6.11. The first kappa shape index (κ1) is 19.2. The van der Waals surface area contributed by atoms with E-state index in [9.17, 15) is 22.0 Å². The monoisotopic (exact) mass is 396 g/mol. The first-order chi connectivity index (χ1) is 12.9. The number of carbonyl (C=O) groups is 1. The number of amides is 1. The molecule has 10 heteroatoms. The van der Waals surface area contributed by atoms with E-state index in [4.69, 9.17) is 0 Å². The largest absolute Gasteiger partial charge is 0.341 e. The number of rotatable bonds is 5. The molecule has 1 N–H and O–H groups in total. The van der Waals surface area contributed by atoms with Gasteiger partial charge in [0.2, 0.25) is 15.8 Å². The molecule has 0 spiro atoms. The van der Waals surface area contributed by atoms with E-state index in [1.165, 1.54) is 37.0 Å². The number of halogens is 2. The van der Waals surface area contributed by atoms with Crippen molar-refractivity contribution in [2.45, 2.75) is 29.9 Å². The number of nitrogens with one attached hydrogen (secondary N) is 1. The Bertz CT molecular complexity index is 914. The van der Waals surface area contributed by atoms with Crippen LogP contribution in [0.15, 0.2) is 41.6 Å². The number of aromatic nitrogens is 2. The van der Waals surface area contributed by atoms with Gasteiger partial charge in [-0.25, -0.2) is 18.4 Å². The van der Waals surface area contributed by atoms with Crippen LogP contribution >= 0.6 is 0 Å². The summed E-state index contributed by atoms with van der Waals surface area (Å²) in [7, 11) is -4.90. The van der Waals surface area contributed by atoms with E-state index in [1.807, 2.05) is 4.90 Å². The van der Waals surface area contributed by atoms with Crippen LogP contribution in [0.2, 0.25) is 0 Å². The Balaban J connectivity index is 1.78. The Labute approximate surface area is 155 Å². The zero-order valence-electron chi connectivity index (χ0n) is 14.3. The van der Waals surface area contributed by atoms with Gasteiger partial charge in [0.1, 0.15) is 0 Å². The molecular weight excluding hydrogens is 378 g/mol. The predicted octanol–water partition coefficient (Wildman–Crippen LogP) is 2.72. The quantitative estimate of drug-likeness (QED) is 0.836. The summed E-state index contributed by atoms with van der Waals surface area (Å²) in [6, 6.07) is 4.83. The molecule has 0 unspecified atom stereocenters. The lowest BCUT2D eigenvalue weighted by molar-refractivity contribution is 0.102. The Hall–Kier alpha value is -2.62. The SMILES string of the molecule is O=C(Nc1cnc(N2CCCCC2)nc1)c1ccccc1S(=O)(=O)C(F)F. The summed E-state index contributed by atoms with van der Waals surface area (Å²) in [5.74, 6) is -3.89. The van der Waals surface area contributed by atoms with Crippen molar-refractivity contribution in [3.05, 3.63) is 42.2 Å². The number of carbonyl (C=O) groups excluding carboxylic acids is 1. The Morgan fingerprint density at radius 1 is 1.07 bits per heavy atom. The van der Waals surface area contributed by atoms with Gasteiger partial charge in [-0.05, 0) is 31.4 Å². The van der Waals surface area contributed by atoms with Gasteiger partial charge in [0.15, 0.2) is 0 Å². The van der Waals surface area contributed by atoms with Crippen molar-refractivity contribution in [3.63, 3.8) is 0 Å². The summed E-state index contributed by atoms with van der Waals surface area (Å²) >= 11 is 0. The maximum absolute atomic E-state index is 12.8. The molecule has 0 radical (unpaired) electrons. The van der Waals surface area contributed by atoms with E-state index in [0.29, 0.717) is 5.95 Å². The first-order valence-electron chi connectivity index (χ1n) is 8.39. The minimum atomic E-state index is -4.90. The summed E-state index contributed by atoms with van der Waals surface area (Å²) in [5.41, 5.74) is -0.122. The highest BCUT2D eigenvalue weighted by Gasteiger charge is 2.30. The fourth-order valence-electron chi connectivity index (χ4n) is 2.84. The van der Waals surface area contributed by atoms with Gasteiger partial charge in [0.25, 0.3) is 5.91 Å². The molecule has 1 amide bonds. The molecule has 1 aromatic heterocycles. The third kappa shape index (κ3) is 4.21. The lowest BCUT2D eigenvalue weighted by atomic mass is 10.1. The van der Waals surface area contributed by atoms with Crippen molar-refractivity contribution in [3.8, 4) is 0 Å². The van der Waals surface area contributed by atoms with Gasteiger partial charge >= 0.3 is 5.76 Å². The molecule has 2 heterocycles. The first-order valence-corrected chi connectivity index (χ1v) is 9.93. The maximum Gasteiger partial charge on any atom is 0.341 e. The molecule has 1 fully saturated rings. The molecular formula is C17H18F2N4O3S. The molecule has 0 atom stereocenters. The smallest absolute Gasteiger partial charge is 0.341 e. The molecule has 0 aliphatic carbocycles. The Morgan fingerprint density at radius 2 is 1.70 bits per heavy atom. The van der Waals surface area contributed by atoms with Crippen LogP contribution in [0.25, 0.3) is 0 Å². The Kier molecular flexibility index (Phi) is 5.64. The van der Waals surface area contributed by atoms with Gasteiger partial charge in [-0.1, -0.05) is 12.1 Å². The molecule has 27 heavy (non-hydrogen) atoms. The number of nitrogens with zero attached hydrogens (tertiary/aromatic N) is 3. The second-order valence-electron chi connectivity index (χ2n) is 6.08. The highest BCUT2D eigenvalue weighted by molar-refractivity contribution is 7.91. The van der Waals surface area contributed by atoms with Gasteiger partial charge in [-0.2, -0.15) is 8.78 Å². The summed E-state index contributed by atoms with van der Waals surface area (Å²) in [6.45, 7) is 1.73. The number of hydrogen-bond donors (Lipinski definition) is 1. The maximum atomic E-state index is 12.8. The highest BCUT2D eigenvalue weighted by atomic mass is 32.2. The number of benzene rings is 1. The predicted molar refractivity (Wildman–Crippen MR) is 95.7 cm³/mol. The zero-order chi connectivity index (χ0) is 19.4. The van der Waals surface area contributed by atoms with Gasteiger partial charge in [-0.15, -0.1) is 0 Å². The summed E-state index contributed by atoms with van der Waals surface area (Å²) in [5, 5.41) is 2.45. The number of anilines is 2. The van der Waals surface area contributed by atoms with Crippen LogP contribution in [0.5, 0.6) is 0 Å². The molecule has 0 saturated carbocycles. The van der Waals surface area contributed by atoms with Gasteiger partial charge in [-0.3, -0.25) is 4.79 Å². The van der Waals surface area contributed by atoms with E-state index in [-0.39, 0.29) is 11.3 Å². The zero-order valence-corrected chi connectivity index (χ0v) is 15.1. The summed E-state index contributed by atoms with van der Waals surface area (Å²) in [4.78, 5) is 22.1. The van der Waals surface area contributed by atoms with Crippen LogP contribution in [0.1, 0.15) is 29.6 Å². The van der Waals surface area contributed by atoms with Crippen LogP contribution < -0.4 is 10.2 Å². The molecule has 7 nitrogen and oxygen atoms in total. The van der Waals surface area contributed by atoms with E-state index >= 15 is 0 Å². The molecule has 0 bridgehead atoms. The topological polar surface area (TPSA) is 92.3 Å². The molecule has 1 aliphatic rings. The molecule has 1 saturated heterocycles. The highest BCUT2D eigenvalue weighted by Crippen LogP contribution is 2.23. The standard InChI is InChI=1S/C17H18F2N4O3S/c18-16(19)27(25,26)14-7-3-2-6-13(14)15(24)22-12-10-20-17(21-11-12)23-8-4-1-5-9-23/h2-3,6-7,10-11,16H,1,4-5,8-9H2,(H,22,24). The molecule has 1 aliphatic heterocycles. The van der Waals surface area contributed by atoms with Gasteiger partial charge in [0, 0.05) is 13.1 Å². The van der Waals surface area contributed by atoms with Crippen LogP contribution in [0.4, 0.5) is 20.4 Å². The van der Waals surface area contributed by atoms with E-state index in [0.717, 1.165) is 32.0 Å². The average molecular weight is 396 g/mol. The molecule has 144 valence electrons. The minimum Gasteiger partial charge on any atom is -0.341 e. The summed E-state index contributed by atoms with van der Waals surface area (Å²) < 4.78 is 49.2. The Morgan fingerprint density at radius 3 is 2.33 bits per heavy atom. The van der Waals surface area contributed by atoms with Gasteiger partial charge < -0.3 is 10.2 Å². The van der Waals surface area contributed by atoms with E-state index in [2.05, 4.69) is 15.3 Å². The number of sulfone groups is 1. The van der Waals surface area contributed by atoms with Crippen molar-refractivity contribution < 1.29 is 22.0 Å². The van der Waals surface area contributed by atoms with Crippen LogP contribution in [-0.2, 0) is 9.84 Å². The number of piperidine rings is 1. The number of hydrogen-bond acceptors (Lipinski definition) is 6. The second kappa shape index (κ2) is 7.95. The van der Waals surface area contributed by atoms with Crippen molar-refractivity contribution in [1.82, 2.24) is 9.97 Å². The van der Waals surface area contributed by atoms with Crippen molar-refractivity contribution >= 4 is 27.4 Å². The molecule has 3 rings (SSSR count). The lowest BCUT2D eigenvalue weighted by Gasteiger charge is -2.26. The normalized spacial score (nSPS) is 15.0. The third-order valence-corrected chi connectivity index (χ3v) is 5.65. The van der Waals surface area contributed by atoms with Crippen LogP contribution in [0.3, 0.4) is 0 Å². The van der Waals surface area contributed by atoms with Crippen molar-refractivity contribution in [2.24, 2.45) is 0 Å². The minimum absolute atomic E-state index is 0.241. The fourth-order valence-corrected chi connectivity index (χ4v) is 3.77. The van der Waals surface area contributed by atoms with Crippen molar-refractivity contribution in [1.29, 1.82) is 0 Å². The van der Waals surface area contributed by atoms with Crippen LogP contribution in [-0.4, -0.2) is 43.1 Å². The van der Waals surface area contributed by atoms with Crippen molar-refractivity contribution in [2.75, 3.05) is 23.3 Å². The third-order valence-electron chi connectivity index (χ3n) is 4.21. The second-order valence-corrected chi connectivity index (χ2v) is 7.96. The van der Waals surface area contributed by atoms with Gasteiger partial charge in [0.05, 0.1) is 28.5 Å². The average Bonchev–Trinajstić information content (AvgIpc) is 2.69. The number of alkyl halides is 2. The van der Waals surface area contributed by atoms with E-state index in [1.54, 1.807) is 0 Å². The molecule has 1 aromatic carbocycles. The molecule has 2 aromatic rings. The fraction of sp³-hybridized carbons (Fsp3) is 0.353. The lowest BCUT2D eigenvalue weighted by Crippen LogP contribution is -2.30. The van der Waals surface area contributed by atoms with E-state index < -0.39 is 26.4 Å².